The molecule has 2 aliphatic heterocycles. The van der Waals surface area contributed by atoms with Crippen molar-refractivity contribution in [1.82, 2.24) is 15.1 Å². The summed E-state index contributed by atoms with van der Waals surface area (Å²) in [5.74, 6) is -0.835. The normalized spacial score (nSPS) is 22.4. The molecule has 5 heteroatoms. The third-order valence-corrected chi connectivity index (χ3v) is 4.46. The molecular weight excluding hydrogens is 278 g/mol. The molecule has 2 aliphatic rings. The van der Waals surface area contributed by atoms with Gasteiger partial charge in [-0.1, -0.05) is 37.6 Å². The van der Waals surface area contributed by atoms with Gasteiger partial charge < -0.3 is 10.2 Å². The van der Waals surface area contributed by atoms with Crippen LogP contribution in [-0.2, 0) is 22.6 Å². The molecule has 2 heterocycles. The molecule has 1 aromatic rings. The van der Waals surface area contributed by atoms with Crippen molar-refractivity contribution in [2.45, 2.75) is 32.4 Å². The first-order chi connectivity index (χ1) is 10.7. The van der Waals surface area contributed by atoms with E-state index in [0.29, 0.717) is 13.1 Å². The number of hydrogen-bond acceptors (Lipinski definition) is 3. The van der Waals surface area contributed by atoms with Crippen LogP contribution in [-0.4, -0.2) is 53.8 Å². The second kappa shape index (κ2) is 6.48. The van der Waals surface area contributed by atoms with Crippen molar-refractivity contribution in [2.24, 2.45) is 0 Å². The number of fused-ring (bicyclic) bond motifs is 1. The van der Waals surface area contributed by atoms with E-state index in [1.807, 2.05) is 0 Å². The highest BCUT2D eigenvalue weighted by Crippen LogP contribution is 2.16. The third-order valence-electron chi connectivity index (χ3n) is 4.46. The fourth-order valence-corrected chi connectivity index (χ4v) is 3.35. The maximum Gasteiger partial charge on any atom is 0.312 e. The molecule has 0 unspecified atom stereocenters. The number of carbonyl (C=O) groups is 2. The van der Waals surface area contributed by atoms with Crippen molar-refractivity contribution >= 4 is 11.8 Å². The van der Waals surface area contributed by atoms with Crippen LogP contribution in [0.15, 0.2) is 24.3 Å². The zero-order chi connectivity index (χ0) is 15.5. The van der Waals surface area contributed by atoms with E-state index in [1.165, 1.54) is 11.1 Å². The Bertz CT molecular complexity index is 573. The number of benzene rings is 1. The lowest BCUT2D eigenvalue weighted by atomic mass is 10.0. The monoisotopic (exact) mass is 301 g/mol. The lowest BCUT2D eigenvalue weighted by Gasteiger charge is -2.43. The van der Waals surface area contributed by atoms with Crippen LogP contribution in [0.5, 0.6) is 0 Å². The van der Waals surface area contributed by atoms with Gasteiger partial charge in [0.05, 0.1) is 6.04 Å². The predicted octanol–water partition coefficient (Wildman–Crippen LogP) is 0.782. The number of amides is 2. The minimum atomic E-state index is -0.461. The predicted molar refractivity (Wildman–Crippen MR) is 84.2 cm³/mol. The molecule has 1 N–H and O–H groups in total. The van der Waals surface area contributed by atoms with Gasteiger partial charge in [-0.05, 0) is 17.5 Å². The van der Waals surface area contributed by atoms with E-state index in [9.17, 15) is 9.59 Å². The van der Waals surface area contributed by atoms with E-state index in [1.54, 1.807) is 4.90 Å². The molecule has 3 rings (SSSR count). The molecule has 5 nitrogen and oxygen atoms in total. The fourth-order valence-electron chi connectivity index (χ4n) is 3.35. The first kappa shape index (κ1) is 15.0. The van der Waals surface area contributed by atoms with E-state index in [2.05, 4.69) is 41.4 Å². The van der Waals surface area contributed by atoms with Crippen LogP contribution in [0, 0.1) is 0 Å². The van der Waals surface area contributed by atoms with Crippen LogP contribution in [0.4, 0.5) is 0 Å². The molecule has 0 saturated carbocycles. The van der Waals surface area contributed by atoms with Gasteiger partial charge in [-0.3, -0.25) is 14.5 Å². The number of carbonyl (C=O) groups excluding carboxylic acids is 2. The van der Waals surface area contributed by atoms with Gasteiger partial charge in [-0.2, -0.15) is 0 Å². The molecule has 1 aromatic carbocycles. The Morgan fingerprint density at radius 2 is 2.05 bits per heavy atom. The quantitative estimate of drug-likeness (QED) is 0.836. The zero-order valence-electron chi connectivity index (χ0n) is 13.0. The first-order valence-electron chi connectivity index (χ1n) is 8.06. The molecule has 0 aromatic heterocycles. The molecule has 0 aliphatic carbocycles. The number of aryl methyl sites for hydroxylation is 1. The van der Waals surface area contributed by atoms with E-state index in [4.69, 9.17) is 0 Å². The van der Waals surface area contributed by atoms with Crippen molar-refractivity contribution in [3.8, 4) is 0 Å². The summed E-state index contributed by atoms with van der Waals surface area (Å²) in [6, 6.07) is 8.86. The molecule has 0 bridgehead atoms. The lowest BCUT2D eigenvalue weighted by Crippen LogP contribution is -2.65. The summed E-state index contributed by atoms with van der Waals surface area (Å²) in [5.41, 5.74) is 2.71. The summed E-state index contributed by atoms with van der Waals surface area (Å²) in [6.45, 7) is 5.96. The molecule has 1 atom stereocenters. The molecule has 0 radical (unpaired) electrons. The fraction of sp³-hybridized carbons (Fsp3) is 0.529. The van der Waals surface area contributed by atoms with Crippen LogP contribution in [0.3, 0.4) is 0 Å². The molecular formula is C17H23N3O2. The van der Waals surface area contributed by atoms with Gasteiger partial charge in [-0.15, -0.1) is 0 Å². The van der Waals surface area contributed by atoms with Gasteiger partial charge in [0.15, 0.2) is 0 Å². The lowest BCUT2D eigenvalue weighted by molar-refractivity contribution is -0.152. The third kappa shape index (κ3) is 3.14. The molecule has 2 saturated heterocycles. The Morgan fingerprint density at radius 1 is 1.23 bits per heavy atom. The number of nitrogens with one attached hydrogen (secondary N) is 1. The summed E-state index contributed by atoms with van der Waals surface area (Å²) in [5, 5.41) is 2.68. The molecule has 0 spiro atoms. The molecule has 2 fully saturated rings. The van der Waals surface area contributed by atoms with E-state index in [-0.39, 0.29) is 11.9 Å². The minimum Gasteiger partial charge on any atom is -0.346 e. The molecule has 22 heavy (non-hydrogen) atoms. The van der Waals surface area contributed by atoms with Gasteiger partial charge >= 0.3 is 11.8 Å². The second-order valence-electron chi connectivity index (χ2n) is 6.17. The number of nitrogens with zero attached hydrogens (tertiary/aromatic N) is 2. The highest BCUT2D eigenvalue weighted by Gasteiger charge is 2.37. The maximum absolute atomic E-state index is 11.8. The number of rotatable bonds is 4. The van der Waals surface area contributed by atoms with Crippen molar-refractivity contribution in [3.63, 3.8) is 0 Å². The summed E-state index contributed by atoms with van der Waals surface area (Å²) in [7, 11) is 0. The van der Waals surface area contributed by atoms with Gasteiger partial charge in [0.2, 0.25) is 0 Å². The average Bonchev–Trinajstić information content (AvgIpc) is 2.52. The van der Waals surface area contributed by atoms with Crippen molar-refractivity contribution < 1.29 is 9.59 Å². The van der Waals surface area contributed by atoms with Crippen LogP contribution in [0.2, 0.25) is 0 Å². The zero-order valence-corrected chi connectivity index (χ0v) is 13.0. The van der Waals surface area contributed by atoms with Crippen molar-refractivity contribution in [2.75, 3.05) is 26.2 Å². The highest BCUT2D eigenvalue weighted by molar-refractivity contribution is 6.35. The Balaban J connectivity index is 1.62. The van der Waals surface area contributed by atoms with Crippen LogP contribution in [0.25, 0.3) is 0 Å². The van der Waals surface area contributed by atoms with E-state index < -0.39 is 5.91 Å². The Kier molecular flexibility index (Phi) is 4.43. The summed E-state index contributed by atoms with van der Waals surface area (Å²) < 4.78 is 0. The van der Waals surface area contributed by atoms with Crippen molar-refractivity contribution in [3.05, 3.63) is 35.4 Å². The topological polar surface area (TPSA) is 52.7 Å². The molecule has 2 amide bonds. The van der Waals surface area contributed by atoms with Crippen LogP contribution in [0.1, 0.15) is 24.5 Å². The van der Waals surface area contributed by atoms with Crippen molar-refractivity contribution in [1.29, 1.82) is 0 Å². The maximum atomic E-state index is 11.8. The first-order valence-corrected chi connectivity index (χ1v) is 8.06. The minimum absolute atomic E-state index is 0.109. The smallest absolute Gasteiger partial charge is 0.312 e. The SMILES string of the molecule is CCCc1cccc(CN2CCN3C(=O)C(=O)NC[C@H]3C2)c1. The Labute approximate surface area is 131 Å². The van der Waals surface area contributed by atoms with Crippen LogP contribution >= 0.6 is 0 Å². The average molecular weight is 301 g/mol. The molecule has 118 valence electrons. The van der Waals surface area contributed by atoms with Gasteiger partial charge in [0, 0.05) is 32.7 Å². The summed E-state index contributed by atoms with van der Waals surface area (Å²) >= 11 is 0. The number of piperazine rings is 2. The van der Waals surface area contributed by atoms with E-state index >= 15 is 0 Å². The Morgan fingerprint density at radius 3 is 2.86 bits per heavy atom. The van der Waals surface area contributed by atoms with Gasteiger partial charge in [-0.25, -0.2) is 0 Å². The van der Waals surface area contributed by atoms with E-state index in [0.717, 1.165) is 32.5 Å². The highest BCUT2D eigenvalue weighted by atomic mass is 16.2. The standard InChI is InChI=1S/C17H23N3O2/c1-2-4-13-5-3-6-14(9-13)11-19-7-8-20-15(12-19)10-18-16(21)17(20)22/h3,5-6,9,15H,2,4,7-8,10-12H2,1H3,(H,18,21)/t15-/m0/s1. The van der Waals surface area contributed by atoms with Gasteiger partial charge in [0.1, 0.15) is 0 Å². The summed E-state index contributed by atoms with van der Waals surface area (Å²) in [4.78, 5) is 27.3. The van der Waals surface area contributed by atoms with Crippen LogP contribution < -0.4 is 5.32 Å². The Hall–Kier alpha value is -1.88. The second-order valence-corrected chi connectivity index (χ2v) is 6.17. The number of hydrogen-bond donors (Lipinski definition) is 1. The largest absolute Gasteiger partial charge is 0.346 e. The summed E-state index contributed by atoms with van der Waals surface area (Å²) in [6.07, 6.45) is 2.27. The van der Waals surface area contributed by atoms with Gasteiger partial charge in [0.25, 0.3) is 0 Å².